The summed E-state index contributed by atoms with van der Waals surface area (Å²) in [5.41, 5.74) is 0.777. The van der Waals surface area contributed by atoms with Gasteiger partial charge in [0.15, 0.2) is 11.5 Å². The molecule has 106 valence electrons. The van der Waals surface area contributed by atoms with E-state index in [4.69, 9.17) is 14.2 Å². The monoisotopic (exact) mass is 266 g/mol. The Morgan fingerprint density at radius 2 is 2.21 bits per heavy atom. The number of nitrogens with zero attached hydrogens (tertiary/aromatic N) is 1. The molecule has 1 aromatic rings. The van der Waals surface area contributed by atoms with Gasteiger partial charge in [-0.1, -0.05) is 6.92 Å². The Morgan fingerprint density at radius 3 is 2.89 bits per heavy atom. The molecule has 0 saturated carbocycles. The number of hydrogen-bond acceptors (Lipinski definition) is 5. The van der Waals surface area contributed by atoms with Crippen molar-refractivity contribution in [2.24, 2.45) is 5.92 Å². The first-order valence-electron chi connectivity index (χ1n) is 6.64. The van der Waals surface area contributed by atoms with E-state index in [0.29, 0.717) is 24.0 Å². The van der Waals surface area contributed by atoms with E-state index in [-0.39, 0.29) is 6.10 Å². The van der Waals surface area contributed by atoms with Gasteiger partial charge >= 0.3 is 0 Å². The van der Waals surface area contributed by atoms with E-state index in [1.165, 1.54) is 0 Å². The van der Waals surface area contributed by atoms with Crippen LogP contribution in [0.25, 0.3) is 0 Å². The summed E-state index contributed by atoms with van der Waals surface area (Å²) in [6, 6.07) is 1.78. The fourth-order valence-electron chi connectivity index (χ4n) is 2.32. The van der Waals surface area contributed by atoms with Crippen LogP contribution >= 0.6 is 0 Å². The minimum atomic E-state index is 0.228. The standard InChI is InChI=1S/C14H22N2O3/c1-10-4-6-15-8-13(10)19-9-11-14(18-3)12(17-2)5-7-16-11/h5,7,10,13,15H,4,6,8-9H2,1-3H3. The van der Waals surface area contributed by atoms with E-state index in [1.54, 1.807) is 26.5 Å². The zero-order valence-electron chi connectivity index (χ0n) is 11.8. The minimum absolute atomic E-state index is 0.228. The summed E-state index contributed by atoms with van der Waals surface area (Å²) in [6.07, 6.45) is 3.09. The second-order valence-corrected chi connectivity index (χ2v) is 4.81. The number of aromatic nitrogens is 1. The largest absolute Gasteiger partial charge is 0.493 e. The predicted molar refractivity (Wildman–Crippen MR) is 72.6 cm³/mol. The van der Waals surface area contributed by atoms with Crippen LogP contribution in [0.5, 0.6) is 11.5 Å². The lowest BCUT2D eigenvalue weighted by molar-refractivity contribution is -0.00879. The summed E-state index contributed by atoms with van der Waals surface area (Å²) in [7, 11) is 3.24. The molecule has 1 aliphatic rings. The van der Waals surface area contributed by atoms with Gasteiger partial charge < -0.3 is 19.5 Å². The van der Waals surface area contributed by atoms with Crippen molar-refractivity contribution in [2.75, 3.05) is 27.3 Å². The van der Waals surface area contributed by atoms with Crippen molar-refractivity contribution in [1.82, 2.24) is 10.3 Å². The maximum absolute atomic E-state index is 5.96. The SMILES string of the molecule is COc1ccnc(COC2CNCCC2C)c1OC. The molecule has 2 heterocycles. The van der Waals surface area contributed by atoms with Gasteiger partial charge in [0.1, 0.15) is 5.69 Å². The Bertz CT molecular complexity index is 412. The van der Waals surface area contributed by atoms with E-state index in [0.717, 1.165) is 25.2 Å². The maximum atomic E-state index is 5.96. The summed E-state index contributed by atoms with van der Waals surface area (Å²) >= 11 is 0. The molecule has 0 amide bonds. The van der Waals surface area contributed by atoms with Crippen molar-refractivity contribution < 1.29 is 14.2 Å². The molecular weight excluding hydrogens is 244 g/mol. The molecule has 2 rings (SSSR count). The molecule has 2 unspecified atom stereocenters. The van der Waals surface area contributed by atoms with Crippen LogP contribution in [0, 0.1) is 5.92 Å². The van der Waals surface area contributed by atoms with E-state index in [1.807, 2.05) is 0 Å². The Balaban J connectivity index is 2.02. The second kappa shape index (κ2) is 6.73. The first-order chi connectivity index (χ1) is 9.26. The van der Waals surface area contributed by atoms with Gasteiger partial charge in [0, 0.05) is 18.8 Å². The molecule has 1 aromatic heterocycles. The Hall–Kier alpha value is -1.33. The molecule has 1 N–H and O–H groups in total. The molecule has 0 radical (unpaired) electrons. The van der Waals surface area contributed by atoms with E-state index in [9.17, 15) is 0 Å². The Kier molecular flexibility index (Phi) is 4.99. The highest BCUT2D eigenvalue weighted by Crippen LogP contribution is 2.30. The van der Waals surface area contributed by atoms with Crippen LogP contribution in [0.2, 0.25) is 0 Å². The highest BCUT2D eigenvalue weighted by Gasteiger charge is 2.22. The van der Waals surface area contributed by atoms with Gasteiger partial charge in [0.2, 0.25) is 0 Å². The van der Waals surface area contributed by atoms with Crippen LogP contribution in [-0.2, 0) is 11.3 Å². The number of methoxy groups -OCH3 is 2. The van der Waals surface area contributed by atoms with Crippen LogP contribution in [-0.4, -0.2) is 38.4 Å². The lowest BCUT2D eigenvalue weighted by atomic mass is 9.97. The van der Waals surface area contributed by atoms with Gasteiger partial charge in [-0.05, 0) is 18.9 Å². The number of hydrogen-bond donors (Lipinski definition) is 1. The fraction of sp³-hybridized carbons (Fsp3) is 0.643. The van der Waals surface area contributed by atoms with Gasteiger partial charge in [-0.3, -0.25) is 4.98 Å². The third kappa shape index (κ3) is 3.36. The van der Waals surface area contributed by atoms with Crippen LogP contribution in [0.3, 0.4) is 0 Å². The number of piperidine rings is 1. The number of pyridine rings is 1. The molecule has 5 nitrogen and oxygen atoms in total. The summed E-state index contributed by atoms with van der Waals surface area (Å²) in [4.78, 5) is 4.32. The fourth-order valence-corrected chi connectivity index (χ4v) is 2.32. The smallest absolute Gasteiger partial charge is 0.184 e. The van der Waals surface area contributed by atoms with Crippen molar-refractivity contribution >= 4 is 0 Å². The lowest BCUT2D eigenvalue weighted by Crippen LogP contribution is -2.41. The van der Waals surface area contributed by atoms with Gasteiger partial charge in [0.05, 0.1) is 26.9 Å². The number of ether oxygens (including phenoxy) is 3. The van der Waals surface area contributed by atoms with Crippen LogP contribution in [0.4, 0.5) is 0 Å². The molecule has 0 bridgehead atoms. The van der Waals surface area contributed by atoms with Crippen molar-refractivity contribution in [2.45, 2.75) is 26.1 Å². The molecule has 2 atom stereocenters. The maximum Gasteiger partial charge on any atom is 0.184 e. The predicted octanol–water partition coefficient (Wildman–Crippen LogP) is 1.61. The zero-order valence-corrected chi connectivity index (χ0v) is 11.8. The topological polar surface area (TPSA) is 52.6 Å². The average molecular weight is 266 g/mol. The first kappa shape index (κ1) is 14.1. The molecule has 1 saturated heterocycles. The summed E-state index contributed by atoms with van der Waals surface area (Å²) in [5, 5.41) is 3.35. The summed E-state index contributed by atoms with van der Waals surface area (Å²) in [5.74, 6) is 1.91. The number of rotatable bonds is 5. The van der Waals surface area contributed by atoms with Crippen LogP contribution in [0.15, 0.2) is 12.3 Å². The molecule has 1 fully saturated rings. The third-order valence-electron chi connectivity index (χ3n) is 3.56. The molecule has 1 aliphatic heterocycles. The number of nitrogens with one attached hydrogen (secondary N) is 1. The van der Waals surface area contributed by atoms with Gasteiger partial charge in [0.25, 0.3) is 0 Å². The zero-order chi connectivity index (χ0) is 13.7. The van der Waals surface area contributed by atoms with Crippen molar-refractivity contribution in [1.29, 1.82) is 0 Å². The molecule has 19 heavy (non-hydrogen) atoms. The molecule has 0 spiro atoms. The van der Waals surface area contributed by atoms with Crippen LogP contribution < -0.4 is 14.8 Å². The van der Waals surface area contributed by atoms with Gasteiger partial charge in [-0.25, -0.2) is 0 Å². The highest BCUT2D eigenvalue weighted by atomic mass is 16.5. The molecule has 0 aliphatic carbocycles. The van der Waals surface area contributed by atoms with E-state index in [2.05, 4.69) is 17.2 Å². The summed E-state index contributed by atoms with van der Waals surface area (Å²) in [6.45, 7) is 4.63. The molecular formula is C14H22N2O3. The second-order valence-electron chi connectivity index (χ2n) is 4.81. The highest BCUT2D eigenvalue weighted by molar-refractivity contribution is 5.42. The van der Waals surface area contributed by atoms with Crippen molar-refractivity contribution in [3.8, 4) is 11.5 Å². The van der Waals surface area contributed by atoms with Crippen molar-refractivity contribution in [3.63, 3.8) is 0 Å². The quantitative estimate of drug-likeness (QED) is 0.877. The van der Waals surface area contributed by atoms with Gasteiger partial charge in [-0.15, -0.1) is 0 Å². The Labute approximate surface area is 114 Å². The van der Waals surface area contributed by atoms with Gasteiger partial charge in [-0.2, -0.15) is 0 Å². The van der Waals surface area contributed by atoms with Crippen molar-refractivity contribution in [3.05, 3.63) is 18.0 Å². The van der Waals surface area contributed by atoms with E-state index >= 15 is 0 Å². The molecule has 0 aromatic carbocycles. The van der Waals surface area contributed by atoms with E-state index < -0.39 is 0 Å². The van der Waals surface area contributed by atoms with Crippen LogP contribution in [0.1, 0.15) is 19.0 Å². The summed E-state index contributed by atoms with van der Waals surface area (Å²) < 4.78 is 16.6. The average Bonchev–Trinajstić information content (AvgIpc) is 2.45. The minimum Gasteiger partial charge on any atom is -0.493 e. The molecule has 5 heteroatoms. The normalized spacial score (nSPS) is 23.1. The third-order valence-corrected chi connectivity index (χ3v) is 3.56. The lowest BCUT2D eigenvalue weighted by Gasteiger charge is -2.29. The Morgan fingerprint density at radius 1 is 1.37 bits per heavy atom. The first-order valence-corrected chi connectivity index (χ1v) is 6.64.